The van der Waals surface area contributed by atoms with Gasteiger partial charge in [-0.3, -0.25) is 9.59 Å². The lowest BCUT2D eigenvalue weighted by atomic mass is 9.86. The van der Waals surface area contributed by atoms with Gasteiger partial charge in [-0.15, -0.1) is 0 Å². The quantitative estimate of drug-likeness (QED) is 0.0606. The summed E-state index contributed by atoms with van der Waals surface area (Å²) in [5.74, 6) is -4.02. The molecule has 0 heterocycles. The van der Waals surface area contributed by atoms with Crippen molar-refractivity contribution in [1.82, 2.24) is 10.6 Å². The zero-order valence-electron chi connectivity index (χ0n) is 32.4. The zero-order valence-corrected chi connectivity index (χ0v) is 37.0. The highest BCUT2D eigenvalue weighted by atomic mass is 35.5. The van der Waals surface area contributed by atoms with Crippen LogP contribution in [0.1, 0.15) is 62.5 Å². The summed E-state index contributed by atoms with van der Waals surface area (Å²) in [5.41, 5.74) is 0.637. The molecule has 2 amide bonds. The standard InChI is InChI=1S/C37H50Cl4F2N2O11S2/c1-5-7-17-53-29(31(27(19-42)44-35(46)33(38)39)23-9-13-25(14-10-23)57(3,49)50)21-55-37(48)56-22-30(54-18-8-6-2)32(28(20-43)45-36(47)34(40)41)24-11-15-26(16-12-24)58(4,51)52/h9-16,27-34H,5-8,17-22H2,1-4H3,(H,44,46)(H,45,47)/t27-,28-,29?,30?,31-,32-/m1/s1. The van der Waals surface area contributed by atoms with Crippen molar-refractivity contribution in [3.05, 3.63) is 59.7 Å². The number of alkyl halides is 6. The maximum atomic E-state index is 14.8. The average Bonchev–Trinajstić information content (AvgIpc) is 3.17. The van der Waals surface area contributed by atoms with Crippen molar-refractivity contribution in [3.8, 4) is 0 Å². The third-order valence-electron chi connectivity index (χ3n) is 8.83. The second-order valence-electron chi connectivity index (χ2n) is 13.3. The molecule has 0 aromatic heterocycles. The summed E-state index contributed by atoms with van der Waals surface area (Å²) in [4.78, 5) is 35.2. The van der Waals surface area contributed by atoms with E-state index in [-0.39, 0.29) is 23.0 Å². The van der Waals surface area contributed by atoms with Crippen LogP contribution in [0.2, 0.25) is 0 Å². The Morgan fingerprint density at radius 3 is 1.21 bits per heavy atom. The van der Waals surface area contributed by atoms with E-state index < -0.39 is 110 Å². The third-order valence-corrected chi connectivity index (χ3v) is 11.9. The summed E-state index contributed by atoms with van der Waals surface area (Å²) in [6, 6.07) is 8.19. The lowest BCUT2D eigenvalue weighted by Crippen LogP contribution is -2.49. The lowest BCUT2D eigenvalue weighted by Gasteiger charge is -2.34. The second-order valence-corrected chi connectivity index (χ2v) is 19.5. The van der Waals surface area contributed by atoms with Crippen LogP contribution in [-0.4, -0.2) is 121 Å². The molecule has 0 aliphatic heterocycles. The molecule has 0 fully saturated rings. The number of carbonyl (C=O) groups excluding carboxylic acids is 3. The summed E-state index contributed by atoms with van der Waals surface area (Å²) in [6.07, 6.45) is 0.941. The summed E-state index contributed by atoms with van der Waals surface area (Å²) >= 11 is 23.0. The molecule has 0 saturated heterocycles. The molecule has 2 unspecified atom stereocenters. The van der Waals surface area contributed by atoms with E-state index in [0.717, 1.165) is 12.5 Å². The number of carbonyl (C=O) groups is 3. The van der Waals surface area contributed by atoms with E-state index in [1.807, 2.05) is 13.8 Å². The highest BCUT2D eigenvalue weighted by Gasteiger charge is 2.37. The Morgan fingerprint density at radius 2 is 0.948 bits per heavy atom. The lowest BCUT2D eigenvalue weighted by molar-refractivity contribution is -0.121. The molecule has 6 atom stereocenters. The van der Waals surface area contributed by atoms with Gasteiger partial charge in [-0.05, 0) is 48.2 Å². The monoisotopic (exact) mass is 940 g/mol. The van der Waals surface area contributed by atoms with Crippen LogP contribution in [0.4, 0.5) is 13.6 Å². The fraction of sp³-hybridized carbons (Fsp3) is 0.595. The Bertz CT molecular complexity index is 1680. The highest BCUT2D eigenvalue weighted by Crippen LogP contribution is 2.31. The molecule has 0 radical (unpaired) electrons. The van der Waals surface area contributed by atoms with Crippen molar-refractivity contribution in [2.24, 2.45) is 0 Å². The van der Waals surface area contributed by atoms with Gasteiger partial charge in [0.25, 0.3) is 11.8 Å². The third kappa shape index (κ3) is 16.9. The number of hydrogen-bond donors (Lipinski definition) is 2. The second kappa shape index (κ2) is 25.3. The predicted octanol–water partition coefficient (Wildman–Crippen LogP) is 6.40. The van der Waals surface area contributed by atoms with Gasteiger partial charge in [-0.2, -0.15) is 0 Å². The Kier molecular flexibility index (Phi) is 22.5. The van der Waals surface area contributed by atoms with Crippen molar-refractivity contribution in [2.75, 3.05) is 52.3 Å². The van der Waals surface area contributed by atoms with E-state index >= 15 is 0 Å². The molecule has 0 aliphatic carbocycles. The molecule has 0 spiro atoms. The van der Waals surface area contributed by atoms with Gasteiger partial charge >= 0.3 is 6.16 Å². The van der Waals surface area contributed by atoms with E-state index in [0.29, 0.717) is 36.8 Å². The van der Waals surface area contributed by atoms with Crippen LogP contribution >= 0.6 is 46.4 Å². The molecule has 0 bridgehead atoms. The molecule has 0 saturated carbocycles. The molecule has 21 heteroatoms. The van der Waals surface area contributed by atoms with E-state index in [1.54, 1.807) is 0 Å². The number of hydrogen-bond acceptors (Lipinski definition) is 11. The number of ether oxygens (including phenoxy) is 4. The summed E-state index contributed by atoms with van der Waals surface area (Å²) in [5, 5.41) is 4.87. The van der Waals surface area contributed by atoms with Gasteiger partial charge < -0.3 is 29.6 Å². The first-order valence-electron chi connectivity index (χ1n) is 18.2. The maximum absolute atomic E-state index is 14.8. The van der Waals surface area contributed by atoms with Gasteiger partial charge in [0.15, 0.2) is 29.3 Å². The van der Waals surface area contributed by atoms with Gasteiger partial charge in [0.1, 0.15) is 38.8 Å². The first kappa shape index (κ1) is 51.6. The molecule has 2 N–H and O–H groups in total. The van der Waals surface area contributed by atoms with Crippen LogP contribution in [0, 0.1) is 0 Å². The van der Waals surface area contributed by atoms with Gasteiger partial charge in [0.2, 0.25) is 0 Å². The first-order valence-corrected chi connectivity index (χ1v) is 23.7. The van der Waals surface area contributed by atoms with Crippen LogP contribution in [0.25, 0.3) is 0 Å². The Balaban J connectivity index is 2.51. The van der Waals surface area contributed by atoms with E-state index in [1.165, 1.54) is 48.5 Å². The molecule has 2 aromatic carbocycles. The van der Waals surface area contributed by atoms with Crippen LogP contribution < -0.4 is 10.6 Å². The maximum Gasteiger partial charge on any atom is 0.508 e. The first-order chi connectivity index (χ1) is 27.3. The van der Waals surface area contributed by atoms with Crippen LogP contribution in [-0.2, 0) is 48.2 Å². The number of benzene rings is 2. The molecule has 0 aliphatic rings. The predicted molar refractivity (Wildman–Crippen MR) is 218 cm³/mol. The largest absolute Gasteiger partial charge is 0.508 e. The summed E-state index contributed by atoms with van der Waals surface area (Å²) in [6.45, 7) is 0.584. The number of rotatable bonds is 26. The van der Waals surface area contributed by atoms with Crippen molar-refractivity contribution >= 4 is 84.0 Å². The van der Waals surface area contributed by atoms with Gasteiger partial charge in [-0.1, -0.05) is 97.4 Å². The number of halogens is 6. The number of amides is 2. The molecule has 2 rings (SSSR count). The van der Waals surface area contributed by atoms with Crippen molar-refractivity contribution in [1.29, 1.82) is 0 Å². The van der Waals surface area contributed by atoms with Crippen molar-refractivity contribution in [2.45, 2.75) is 95.1 Å². The van der Waals surface area contributed by atoms with E-state index in [4.69, 9.17) is 65.4 Å². The van der Waals surface area contributed by atoms with Gasteiger partial charge in [0.05, 0.1) is 21.9 Å². The Hall–Kier alpha value is -2.51. The minimum absolute atomic E-state index is 0.0271. The summed E-state index contributed by atoms with van der Waals surface area (Å²) < 4.78 is 101. The minimum atomic E-state index is -3.61. The molecule has 13 nitrogen and oxygen atoms in total. The topological polar surface area (TPSA) is 180 Å². The number of sulfone groups is 2. The summed E-state index contributed by atoms with van der Waals surface area (Å²) in [7, 11) is -7.23. The van der Waals surface area contributed by atoms with Crippen molar-refractivity contribution < 1.29 is 58.9 Å². The zero-order chi connectivity index (χ0) is 43.6. The molecule has 58 heavy (non-hydrogen) atoms. The fourth-order valence-corrected chi connectivity index (χ4v) is 7.35. The highest BCUT2D eigenvalue weighted by molar-refractivity contribution is 7.91. The SMILES string of the molecule is CCCCOC(COC(=O)OCC(OCCCC)[C@H](c1ccc(S(C)(=O)=O)cc1)[C@@H](CF)NC(=O)C(Cl)Cl)[C@H](c1ccc(S(C)(=O)=O)cc1)[C@@H](CF)NC(=O)C(Cl)Cl. The Labute approximate surface area is 358 Å². The minimum Gasteiger partial charge on any atom is -0.432 e. The van der Waals surface area contributed by atoms with Gasteiger partial charge in [-0.25, -0.2) is 30.4 Å². The molecular formula is C37H50Cl4F2N2O11S2. The Morgan fingerprint density at radius 1 is 0.621 bits per heavy atom. The van der Waals surface area contributed by atoms with E-state index in [9.17, 15) is 40.0 Å². The average molecular weight is 943 g/mol. The molecule has 328 valence electrons. The molecular weight excluding hydrogens is 892 g/mol. The van der Waals surface area contributed by atoms with Gasteiger partial charge in [0, 0.05) is 37.6 Å². The normalized spacial score (nSPS) is 15.2. The number of nitrogens with one attached hydrogen (secondary N) is 2. The van der Waals surface area contributed by atoms with Crippen LogP contribution in [0.3, 0.4) is 0 Å². The van der Waals surface area contributed by atoms with E-state index in [2.05, 4.69) is 10.6 Å². The molecule has 2 aromatic rings. The van der Waals surface area contributed by atoms with Crippen molar-refractivity contribution in [3.63, 3.8) is 0 Å². The fourth-order valence-electron chi connectivity index (χ4n) is 5.84. The van der Waals surface area contributed by atoms with Crippen LogP contribution in [0.15, 0.2) is 58.3 Å². The smallest absolute Gasteiger partial charge is 0.432 e. The van der Waals surface area contributed by atoms with Crippen LogP contribution in [0.5, 0.6) is 0 Å². The number of unbranched alkanes of at least 4 members (excludes halogenated alkanes) is 2.